The molecule has 0 saturated carbocycles. The van der Waals surface area contributed by atoms with Gasteiger partial charge in [-0.2, -0.15) is 0 Å². The fraction of sp³-hybridized carbons (Fsp3) is 0. The molecule has 15 aromatic rings. The van der Waals surface area contributed by atoms with Crippen LogP contribution in [0.5, 0.6) is 0 Å². The fourth-order valence-corrected chi connectivity index (χ4v) is 11.8. The Hall–Kier alpha value is -9.96. The monoisotopic (exact) mass is 954 g/mol. The van der Waals surface area contributed by atoms with Gasteiger partial charge in [0.2, 0.25) is 0 Å². The van der Waals surface area contributed by atoms with Crippen LogP contribution in [0.25, 0.3) is 126 Å². The Kier molecular flexibility index (Phi) is 9.89. The molecule has 0 bridgehead atoms. The van der Waals surface area contributed by atoms with E-state index in [1.54, 1.807) is 0 Å². The number of benzene rings is 13. The Morgan fingerprint density at radius 2 is 0.827 bits per heavy atom. The van der Waals surface area contributed by atoms with E-state index in [-0.39, 0.29) is 0 Å². The summed E-state index contributed by atoms with van der Waals surface area (Å²) < 4.78 is 9.18. The van der Waals surface area contributed by atoms with Crippen LogP contribution >= 0.6 is 0 Å². The summed E-state index contributed by atoms with van der Waals surface area (Å²) in [4.78, 5) is 2.45. The van der Waals surface area contributed by atoms with Crippen molar-refractivity contribution in [1.29, 1.82) is 0 Å². The van der Waals surface area contributed by atoms with Crippen LogP contribution in [0.3, 0.4) is 0 Å². The number of rotatable bonds is 8. The molecule has 3 nitrogen and oxygen atoms in total. The highest BCUT2D eigenvalue weighted by Crippen LogP contribution is 2.47. The lowest BCUT2D eigenvalue weighted by Gasteiger charge is -2.30. The molecule has 0 amide bonds. The first-order valence-electron chi connectivity index (χ1n) is 25.7. The highest BCUT2D eigenvalue weighted by molar-refractivity contribution is 6.16. The first-order chi connectivity index (χ1) is 37.2. The molecule has 0 spiro atoms. The van der Waals surface area contributed by atoms with E-state index in [0.29, 0.717) is 0 Å². The van der Waals surface area contributed by atoms with Gasteiger partial charge in [-0.05, 0) is 139 Å². The van der Waals surface area contributed by atoms with Crippen LogP contribution in [0.1, 0.15) is 0 Å². The van der Waals surface area contributed by atoms with Crippen LogP contribution in [0.4, 0.5) is 17.1 Å². The molecule has 0 saturated heterocycles. The van der Waals surface area contributed by atoms with E-state index < -0.39 is 0 Å². The highest BCUT2D eigenvalue weighted by atomic mass is 16.3. The number of fused-ring (bicyclic) bond motifs is 11. The van der Waals surface area contributed by atoms with Crippen molar-refractivity contribution in [1.82, 2.24) is 4.57 Å². The third kappa shape index (κ3) is 7.12. The van der Waals surface area contributed by atoms with Crippen LogP contribution in [-0.4, -0.2) is 4.57 Å². The standard InChI is InChI=1S/C72H46N2O/c1-2-15-48(16-3-1)66-45-53(52-34-39-59-54(43-52)30-29-49-17-4-6-21-58(49)59)36-42-70(66)73(67-26-11-8-22-60(67)55-35-40-64-65-41-33-50-18-5-7-23-61(50)72(65)75-71(64)46-55)56-37-31-47(32-38-56)51-19-14-20-57(44-51)74-68-27-12-9-24-62(68)63-25-10-13-28-69(63)74/h1-46H. The molecule has 15 rings (SSSR count). The fourth-order valence-electron chi connectivity index (χ4n) is 11.8. The normalized spacial score (nSPS) is 11.7. The maximum atomic E-state index is 6.79. The molecular formula is C72H46N2O. The van der Waals surface area contributed by atoms with Gasteiger partial charge in [-0.25, -0.2) is 0 Å². The summed E-state index contributed by atoms with van der Waals surface area (Å²) in [7, 11) is 0. The second kappa shape index (κ2) is 17.4. The van der Waals surface area contributed by atoms with Crippen LogP contribution in [0.2, 0.25) is 0 Å². The van der Waals surface area contributed by atoms with E-state index in [2.05, 4.69) is 289 Å². The Morgan fingerprint density at radius 1 is 0.280 bits per heavy atom. The van der Waals surface area contributed by atoms with Crippen molar-refractivity contribution in [3.8, 4) is 50.2 Å². The molecule has 0 fully saturated rings. The summed E-state index contributed by atoms with van der Waals surface area (Å²) in [5.74, 6) is 0. The molecular weight excluding hydrogens is 909 g/mol. The predicted octanol–water partition coefficient (Wildman–Crippen LogP) is 20.3. The van der Waals surface area contributed by atoms with Gasteiger partial charge in [-0.1, -0.05) is 200 Å². The maximum Gasteiger partial charge on any atom is 0.143 e. The quantitative estimate of drug-likeness (QED) is 0.142. The lowest BCUT2D eigenvalue weighted by atomic mass is 9.93. The van der Waals surface area contributed by atoms with Gasteiger partial charge in [-0.15, -0.1) is 0 Å². The van der Waals surface area contributed by atoms with Gasteiger partial charge in [0.15, 0.2) is 0 Å². The molecule has 13 aromatic carbocycles. The number of furan rings is 1. The number of hydrogen-bond acceptors (Lipinski definition) is 2. The third-order valence-corrected chi connectivity index (χ3v) is 15.4. The lowest BCUT2D eigenvalue weighted by Crippen LogP contribution is -2.12. The topological polar surface area (TPSA) is 21.3 Å². The van der Waals surface area contributed by atoms with Crippen molar-refractivity contribution >= 4 is 93.1 Å². The molecule has 0 unspecified atom stereocenters. The summed E-state index contributed by atoms with van der Waals surface area (Å²) in [6, 6.07) is 102. The zero-order chi connectivity index (χ0) is 49.4. The molecule has 0 radical (unpaired) electrons. The van der Waals surface area contributed by atoms with E-state index in [1.807, 2.05) is 0 Å². The molecule has 0 atom stereocenters. The molecule has 0 aliphatic heterocycles. The van der Waals surface area contributed by atoms with E-state index in [0.717, 1.165) is 89.0 Å². The summed E-state index contributed by atoms with van der Waals surface area (Å²) in [5.41, 5.74) is 17.5. The van der Waals surface area contributed by atoms with Crippen LogP contribution in [0, 0.1) is 0 Å². The molecule has 0 aliphatic carbocycles. The minimum atomic E-state index is 0.866. The molecule has 350 valence electrons. The number of aromatic nitrogens is 1. The van der Waals surface area contributed by atoms with Crippen molar-refractivity contribution in [3.05, 3.63) is 279 Å². The molecule has 2 aromatic heterocycles. The van der Waals surface area contributed by atoms with Crippen molar-refractivity contribution in [2.45, 2.75) is 0 Å². The first kappa shape index (κ1) is 42.7. The van der Waals surface area contributed by atoms with Crippen LogP contribution in [-0.2, 0) is 0 Å². The van der Waals surface area contributed by atoms with E-state index >= 15 is 0 Å². The maximum absolute atomic E-state index is 6.79. The Bertz CT molecular complexity index is 4660. The summed E-state index contributed by atoms with van der Waals surface area (Å²) in [6.07, 6.45) is 0. The number of nitrogens with zero attached hydrogens (tertiary/aromatic N) is 2. The highest BCUT2D eigenvalue weighted by Gasteiger charge is 2.23. The zero-order valence-electron chi connectivity index (χ0n) is 40.9. The Morgan fingerprint density at radius 3 is 1.64 bits per heavy atom. The number of hydrogen-bond donors (Lipinski definition) is 0. The van der Waals surface area contributed by atoms with Crippen molar-refractivity contribution in [3.63, 3.8) is 0 Å². The third-order valence-electron chi connectivity index (χ3n) is 15.4. The van der Waals surface area contributed by atoms with Crippen molar-refractivity contribution in [2.24, 2.45) is 0 Å². The van der Waals surface area contributed by atoms with Gasteiger partial charge in [0.25, 0.3) is 0 Å². The minimum Gasteiger partial charge on any atom is -0.455 e. The summed E-state index contributed by atoms with van der Waals surface area (Å²) in [5, 5.41) is 12.0. The molecule has 0 aliphatic rings. The first-order valence-corrected chi connectivity index (χ1v) is 25.7. The molecule has 3 heteroatoms. The van der Waals surface area contributed by atoms with Gasteiger partial charge in [0.1, 0.15) is 11.2 Å². The second-order valence-electron chi connectivity index (χ2n) is 19.6. The largest absolute Gasteiger partial charge is 0.455 e. The van der Waals surface area contributed by atoms with E-state index in [1.165, 1.54) is 54.3 Å². The van der Waals surface area contributed by atoms with Crippen molar-refractivity contribution in [2.75, 3.05) is 4.90 Å². The average molecular weight is 955 g/mol. The zero-order valence-corrected chi connectivity index (χ0v) is 40.9. The number of anilines is 3. The van der Waals surface area contributed by atoms with Gasteiger partial charge in [0.05, 0.1) is 22.4 Å². The Balaban J connectivity index is 0.899. The molecule has 2 heterocycles. The van der Waals surface area contributed by atoms with Crippen molar-refractivity contribution < 1.29 is 4.42 Å². The average Bonchev–Trinajstić information content (AvgIpc) is 4.04. The lowest BCUT2D eigenvalue weighted by molar-refractivity contribution is 0.673. The van der Waals surface area contributed by atoms with E-state index in [9.17, 15) is 0 Å². The minimum absolute atomic E-state index is 0.866. The summed E-state index contributed by atoms with van der Waals surface area (Å²) >= 11 is 0. The predicted molar refractivity (Wildman–Crippen MR) is 317 cm³/mol. The van der Waals surface area contributed by atoms with Gasteiger partial charge in [-0.3, -0.25) is 0 Å². The van der Waals surface area contributed by atoms with Gasteiger partial charge < -0.3 is 13.9 Å². The SMILES string of the molecule is c1ccc(-c2cc(-c3ccc4c(ccc5ccccc54)c3)ccc2N(c2ccc(-c3cccc(-n4c5ccccc5c5ccccc54)c3)cc2)c2ccccc2-c2ccc3c(c2)oc2c4ccccc4ccc32)cc1. The number of para-hydroxylation sites is 3. The van der Waals surface area contributed by atoms with Gasteiger partial charge in [0, 0.05) is 49.4 Å². The van der Waals surface area contributed by atoms with Crippen LogP contribution in [0.15, 0.2) is 283 Å². The van der Waals surface area contributed by atoms with Gasteiger partial charge >= 0.3 is 0 Å². The van der Waals surface area contributed by atoms with Crippen LogP contribution < -0.4 is 4.90 Å². The Labute approximate surface area is 434 Å². The second-order valence-corrected chi connectivity index (χ2v) is 19.6. The van der Waals surface area contributed by atoms with E-state index in [4.69, 9.17) is 4.42 Å². The smallest absolute Gasteiger partial charge is 0.143 e. The molecule has 0 N–H and O–H groups in total. The summed E-state index contributed by atoms with van der Waals surface area (Å²) in [6.45, 7) is 0. The molecule has 75 heavy (non-hydrogen) atoms.